The number of furan rings is 1. The molecule has 0 bridgehead atoms. The predicted molar refractivity (Wildman–Crippen MR) is 138 cm³/mol. The van der Waals surface area contributed by atoms with Gasteiger partial charge in [-0.15, -0.1) is 5.10 Å². The zero-order valence-electron chi connectivity index (χ0n) is 19.3. The topological polar surface area (TPSA) is 152 Å². The van der Waals surface area contributed by atoms with Gasteiger partial charge in [0.25, 0.3) is 0 Å². The van der Waals surface area contributed by atoms with Gasteiger partial charge in [-0.05, 0) is 47.4 Å². The highest BCUT2D eigenvalue weighted by Crippen LogP contribution is 2.24. The minimum Gasteiger partial charge on any atom is -0.461 e. The SMILES string of the molecule is CS(=O)(=O)c1ccc(-c2ccc(CCNc3nc(N)n4nc(-c5ccco5)nc4c3C=N)cc2)cc1. The number of sulfone groups is 1. The molecule has 5 aromatic rings. The summed E-state index contributed by atoms with van der Waals surface area (Å²) in [4.78, 5) is 9.16. The van der Waals surface area contributed by atoms with Crippen molar-refractivity contribution in [1.29, 1.82) is 5.41 Å². The normalized spacial score (nSPS) is 11.6. The van der Waals surface area contributed by atoms with Gasteiger partial charge in [0.05, 0.1) is 16.7 Å². The summed E-state index contributed by atoms with van der Waals surface area (Å²) in [7, 11) is -3.22. The van der Waals surface area contributed by atoms with E-state index in [2.05, 4.69) is 20.4 Å². The van der Waals surface area contributed by atoms with E-state index in [9.17, 15) is 8.42 Å². The van der Waals surface area contributed by atoms with Gasteiger partial charge >= 0.3 is 0 Å². The molecule has 36 heavy (non-hydrogen) atoms. The van der Waals surface area contributed by atoms with Gasteiger partial charge in [-0.25, -0.2) is 13.4 Å². The molecule has 0 aliphatic rings. The van der Waals surface area contributed by atoms with Crippen LogP contribution in [0.5, 0.6) is 0 Å². The Morgan fingerprint density at radius 1 is 1.06 bits per heavy atom. The third-order valence-electron chi connectivity index (χ3n) is 5.71. The Balaban J connectivity index is 1.29. The summed E-state index contributed by atoms with van der Waals surface area (Å²) in [5.74, 6) is 1.46. The Labute approximate surface area is 207 Å². The van der Waals surface area contributed by atoms with Crippen molar-refractivity contribution in [3.8, 4) is 22.7 Å². The number of nitrogens with one attached hydrogen (secondary N) is 2. The molecule has 2 aromatic carbocycles. The molecule has 4 N–H and O–H groups in total. The molecule has 3 heterocycles. The lowest BCUT2D eigenvalue weighted by molar-refractivity contribution is 0.577. The van der Waals surface area contributed by atoms with Gasteiger partial charge in [0, 0.05) is 19.0 Å². The van der Waals surface area contributed by atoms with Crippen LogP contribution in [-0.2, 0) is 16.3 Å². The highest BCUT2D eigenvalue weighted by atomic mass is 32.2. The Bertz CT molecular complexity index is 1640. The van der Waals surface area contributed by atoms with E-state index in [-0.39, 0.29) is 5.95 Å². The van der Waals surface area contributed by atoms with E-state index < -0.39 is 9.84 Å². The smallest absolute Gasteiger partial charge is 0.225 e. The minimum absolute atomic E-state index is 0.148. The van der Waals surface area contributed by atoms with Crippen LogP contribution in [0.25, 0.3) is 28.4 Å². The first-order chi connectivity index (χ1) is 17.3. The second-order valence-corrected chi connectivity index (χ2v) is 10.2. The zero-order valence-corrected chi connectivity index (χ0v) is 20.2. The summed E-state index contributed by atoms with van der Waals surface area (Å²) < 4.78 is 30.1. The van der Waals surface area contributed by atoms with E-state index in [1.165, 1.54) is 23.2 Å². The Morgan fingerprint density at radius 2 is 1.75 bits per heavy atom. The number of nitrogens with two attached hydrogens (primary N) is 1. The summed E-state index contributed by atoms with van der Waals surface area (Å²) in [6.07, 6.45) is 4.62. The van der Waals surface area contributed by atoms with E-state index in [1.54, 1.807) is 36.4 Å². The molecule has 0 saturated heterocycles. The van der Waals surface area contributed by atoms with E-state index >= 15 is 0 Å². The summed E-state index contributed by atoms with van der Waals surface area (Å²) >= 11 is 0. The average Bonchev–Trinajstić information content (AvgIpc) is 3.55. The van der Waals surface area contributed by atoms with E-state index in [0.29, 0.717) is 46.5 Å². The molecule has 0 radical (unpaired) electrons. The summed E-state index contributed by atoms with van der Waals surface area (Å²) in [6, 6.07) is 18.4. The van der Waals surface area contributed by atoms with Crippen molar-refractivity contribution >= 4 is 33.5 Å². The molecular weight excluding hydrogens is 478 g/mol. The van der Waals surface area contributed by atoms with E-state index in [0.717, 1.165) is 16.7 Å². The van der Waals surface area contributed by atoms with Crippen LogP contribution in [0.3, 0.4) is 0 Å². The van der Waals surface area contributed by atoms with E-state index in [4.69, 9.17) is 15.6 Å². The summed E-state index contributed by atoms with van der Waals surface area (Å²) in [5.41, 5.74) is 10.0. The maximum Gasteiger partial charge on any atom is 0.225 e. The molecular formula is C25H23N7O3S. The predicted octanol–water partition coefficient (Wildman–Crippen LogP) is 3.69. The number of nitrogens with zero attached hydrogens (tertiary/aromatic N) is 4. The van der Waals surface area contributed by atoms with Crippen molar-refractivity contribution in [2.75, 3.05) is 23.9 Å². The second kappa shape index (κ2) is 9.27. The molecule has 5 rings (SSSR count). The molecule has 0 aliphatic heterocycles. The van der Waals surface area contributed by atoms with Crippen LogP contribution in [0.4, 0.5) is 11.8 Å². The zero-order chi connectivity index (χ0) is 25.3. The van der Waals surface area contributed by atoms with Crippen molar-refractivity contribution in [3.05, 3.63) is 78.1 Å². The van der Waals surface area contributed by atoms with Crippen LogP contribution in [0.15, 0.2) is 76.2 Å². The number of hydrogen-bond acceptors (Lipinski definition) is 9. The fourth-order valence-electron chi connectivity index (χ4n) is 3.84. The van der Waals surface area contributed by atoms with Gasteiger partial charge in [0.15, 0.2) is 21.2 Å². The Morgan fingerprint density at radius 3 is 2.36 bits per heavy atom. The molecule has 0 unspecified atom stereocenters. The first-order valence-electron chi connectivity index (χ1n) is 11.1. The standard InChI is InChI=1S/C25H23N7O3S/c1-36(33,34)19-10-8-18(9-11-19)17-6-4-16(5-7-17)12-13-28-22-20(15-26)24-29-23(21-3-2-14-35-21)31-32(24)25(27)30-22/h2-11,14-15,26,28H,12-13H2,1H3,(H2,27,30). The summed E-state index contributed by atoms with van der Waals surface area (Å²) in [6.45, 7) is 0.561. The lowest BCUT2D eigenvalue weighted by Crippen LogP contribution is -2.13. The Hall–Kier alpha value is -4.51. The molecule has 0 spiro atoms. The van der Waals surface area contributed by atoms with Crippen LogP contribution >= 0.6 is 0 Å². The second-order valence-electron chi connectivity index (χ2n) is 8.19. The third kappa shape index (κ3) is 4.56. The maximum absolute atomic E-state index is 11.7. The molecule has 11 heteroatoms. The number of hydrogen-bond donors (Lipinski definition) is 3. The maximum atomic E-state index is 11.7. The largest absolute Gasteiger partial charge is 0.461 e. The van der Waals surface area contributed by atoms with Crippen LogP contribution in [0, 0.1) is 5.41 Å². The van der Waals surface area contributed by atoms with Crippen LogP contribution in [0.1, 0.15) is 11.1 Å². The summed E-state index contributed by atoms with van der Waals surface area (Å²) in [5, 5.41) is 15.5. The fourth-order valence-corrected chi connectivity index (χ4v) is 4.47. The third-order valence-corrected chi connectivity index (χ3v) is 6.84. The highest BCUT2D eigenvalue weighted by molar-refractivity contribution is 7.90. The first-order valence-corrected chi connectivity index (χ1v) is 13.0. The average molecular weight is 502 g/mol. The van der Waals surface area contributed by atoms with Gasteiger partial charge in [-0.2, -0.15) is 9.50 Å². The molecule has 0 atom stereocenters. The molecule has 182 valence electrons. The Kier molecular flexibility index (Phi) is 5.98. The van der Waals surface area contributed by atoms with Gasteiger partial charge in [0.2, 0.25) is 11.8 Å². The number of nitrogen functional groups attached to an aromatic ring is 1. The monoisotopic (exact) mass is 501 g/mol. The molecule has 3 aromatic heterocycles. The van der Waals surface area contributed by atoms with Crippen molar-refractivity contribution in [3.63, 3.8) is 0 Å². The lowest BCUT2D eigenvalue weighted by Gasteiger charge is -2.11. The van der Waals surface area contributed by atoms with Crippen LogP contribution < -0.4 is 11.1 Å². The highest BCUT2D eigenvalue weighted by Gasteiger charge is 2.17. The number of rotatable bonds is 8. The van der Waals surface area contributed by atoms with Crippen molar-refractivity contribution in [1.82, 2.24) is 19.6 Å². The van der Waals surface area contributed by atoms with Gasteiger partial charge < -0.3 is 20.9 Å². The van der Waals surface area contributed by atoms with Crippen LogP contribution in [0.2, 0.25) is 0 Å². The minimum atomic E-state index is -3.22. The molecule has 0 amide bonds. The molecule has 0 fully saturated rings. The van der Waals surface area contributed by atoms with E-state index in [1.807, 2.05) is 24.3 Å². The first kappa shape index (κ1) is 23.2. The lowest BCUT2D eigenvalue weighted by atomic mass is 10.0. The number of anilines is 2. The number of aromatic nitrogens is 4. The quantitative estimate of drug-likeness (QED) is 0.272. The van der Waals surface area contributed by atoms with Gasteiger partial charge in [0.1, 0.15) is 5.82 Å². The molecule has 0 saturated carbocycles. The van der Waals surface area contributed by atoms with Crippen molar-refractivity contribution in [2.45, 2.75) is 11.3 Å². The van der Waals surface area contributed by atoms with Crippen molar-refractivity contribution in [2.24, 2.45) is 0 Å². The fraction of sp³-hybridized carbons (Fsp3) is 0.120. The number of fused-ring (bicyclic) bond motifs is 1. The molecule has 0 aliphatic carbocycles. The van der Waals surface area contributed by atoms with Gasteiger partial charge in [-0.3, -0.25) is 0 Å². The molecule has 10 nitrogen and oxygen atoms in total. The van der Waals surface area contributed by atoms with Gasteiger partial charge in [-0.1, -0.05) is 36.4 Å². The number of benzene rings is 2. The van der Waals surface area contributed by atoms with Crippen molar-refractivity contribution < 1.29 is 12.8 Å². The van der Waals surface area contributed by atoms with Crippen LogP contribution in [-0.4, -0.2) is 47.0 Å².